The van der Waals surface area contributed by atoms with Crippen LogP contribution in [0.15, 0.2) is 39.9 Å². The number of hydrogen-bond acceptors (Lipinski definition) is 6. The van der Waals surface area contributed by atoms with Crippen molar-refractivity contribution in [1.29, 1.82) is 0 Å². The van der Waals surface area contributed by atoms with Crippen molar-refractivity contribution < 1.29 is 23.0 Å². The van der Waals surface area contributed by atoms with Gasteiger partial charge in [0.25, 0.3) is 5.56 Å². The lowest BCUT2D eigenvalue weighted by Crippen LogP contribution is -2.30. The van der Waals surface area contributed by atoms with Crippen LogP contribution in [-0.4, -0.2) is 33.7 Å². The summed E-state index contributed by atoms with van der Waals surface area (Å²) in [5, 5.41) is -0.0815. The Kier molecular flexibility index (Phi) is 5.21. The second kappa shape index (κ2) is 7.59. The minimum Gasteiger partial charge on any atom is -0.462 e. The largest absolute Gasteiger partial charge is 0.462 e. The first kappa shape index (κ1) is 19.2. The highest BCUT2D eigenvalue weighted by molar-refractivity contribution is 6.03. The fraction of sp³-hybridized carbons (Fsp3) is 0.222. The average molecular weight is 391 g/mol. The lowest BCUT2D eigenvalue weighted by atomic mass is 10.1. The van der Waals surface area contributed by atoms with E-state index in [-0.39, 0.29) is 34.6 Å². The Labute approximate surface area is 156 Å². The Bertz CT molecular complexity index is 1150. The van der Waals surface area contributed by atoms with Gasteiger partial charge in [0.1, 0.15) is 5.75 Å². The van der Waals surface area contributed by atoms with E-state index in [1.807, 2.05) is 0 Å². The summed E-state index contributed by atoms with van der Waals surface area (Å²) in [7, 11) is 1.39. The molecule has 146 valence electrons. The lowest BCUT2D eigenvalue weighted by molar-refractivity contribution is -0.0498. The molecule has 0 aliphatic heterocycles. The van der Waals surface area contributed by atoms with Gasteiger partial charge in [0, 0.05) is 12.6 Å². The van der Waals surface area contributed by atoms with E-state index in [0.717, 1.165) is 4.57 Å². The highest BCUT2D eigenvalue weighted by atomic mass is 19.3. The summed E-state index contributed by atoms with van der Waals surface area (Å²) in [4.78, 5) is 43.0. The summed E-state index contributed by atoms with van der Waals surface area (Å²) >= 11 is 0. The van der Waals surface area contributed by atoms with Gasteiger partial charge in [-0.15, -0.1) is 0 Å². The standard InChI is InChI=1S/C18H15F2N3O5/c1-3-27-16(25)11-8-12(9-4-6-10(7-5-9)28-17(19)20)21-14-13(11)15(24)22-18(26)23(14)2/h4-8,17H,3H2,1-2H3,(H,22,24,26). The molecule has 1 aromatic carbocycles. The Balaban J connectivity index is 2.24. The van der Waals surface area contributed by atoms with Crippen LogP contribution >= 0.6 is 0 Å². The van der Waals surface area contributed by atoms with E-state index in [0.29, 0.717) is 5.56 Å². The maximum absolute atomic E-state index is 12.4. The molecule has 0 radical (unpaired) electrons. The molecule has 8 nitrogen and oxygen atoms in total. The number of alkyl halides is 2. The number of H-pyrrole nitrogens is 1. The first-order valence-corrected chi connectivity index (χ1v) is 8.18. The molecule has 2 aromatic heterocycles. The average Bonchev–Trinajstić information content (AvgIpc) is 2.65. The summed E-state index contributed by atoms with van der Waals surface area (Å²) < 4.78 is 35.0. The number of benzene rings is 1. The number of fused-ring (bicyclic) bond motifs is 1. The number of nitrogens with one attached hydrogen (secondary N) is 1. The van der Waals surface area contributed by atoms with Gasteiger partial charge in [0.2, 0.25) is 0 Å². The minimum absolute atomic E-state index is 0.0118. The van der Waals surface area contributed by atoms with Crippen LogP contribution in [0.1, 0.15) is 17.3 Å². The van der Waals surface area contributed by atoms with Gasteiger partial charge in [-0.25, -0.2) is 14.6 Å². The molecule has 10 heteroatoms. The molecule has 0 aliphatic rings. The molecule has 0 saturated heterocycles. The number of ether oxygens (including phenoxy) is 2. The number of aryl methyl sites for hydroxylation is 1. The van der Waals surface area contributed by atoms with E-state index in [2.05, 4.69) is 14.7 Å². The van der Waals surface area contributed by atoms with Gasteiger partial charge in [-0.1, -0.05) is 0 Å². The molecule has 0 unspecified atom stereocenters. The Morgan fingerprint density at radius 3 is 2.54 bits per heavy atom. The van der Waals surface area contributed by atoms with Crippen LogP contribution in [0.5, 0.6) is 5.75 Å². The zero-order chi connectivity index (χ0) is 20.4. The van der Waals surface area contributed by atoms with Crippen molar-refractivity contribution in [2.75, 3.05) is 6.61 Å². The van der Waals surface area contributed by atoms with Crippen molar-refractivity contribution in [3.8, 4) is 17.0 Å². The van der Waals surface area contributed by atoms with Crippen LogP contribution in [0, 0.1) is 0 Å². The quantitative estimate of drug-likeness (QED) is 0.668. The number of carbonyl (C=O) groups excluding carboxylic acids is 1. The molecule has 3 rings (SSSR count). The van der Waals surface area contributed by atoms with Gasteiger partial charge >= 0.3 is 18.3 Å². The van der Waals surface area contributed by atoms with Crippen LogP contribution in [0.3, 0.4) is 0 Å². The maximum atomic E-state index is 12.4. The molecular formula is C18H15F2N3O5. The first-order chi connectivity index (χ1) is 13.3. The second-order valence-electron chi connectivity index (χ2n) is 5.70. The smallest absolute Gasteiger partial charge is 0.387 e. The van der Waals surface area contributed by atoms with E-state index in [4.69, 9.17) is 4.74 Å². The molecule has 1 N–H and O–H groups in total. The van der Waals surface area contributed by atoms with Crippen LogP contribution in [0.2, 0.25) is 0 Å². The highest BCUT2D eigenvalue weighted by Gasteiger charge is 2.20. The van der Waals surface area contributed by atoms with Crippen LogP contribution in [0.4, 0.5) is 8.78 Å². The minimum atomic E-state index is -2.96. The fourth-order valence-corrected chi connectivity index (χ4v) is 2.66. The van der Waals surface area contributed by atoms with Crippen molar-refractivity contribution in [2.24, 2.45) is 7.05 Å². The number of nitrogens with zero attached hydrogens (tertiary/aromatic N) is 2. The van der Waals surface area contributed by atoms with Gasteiger partial charge in [0.15, 0.2) is 5.65 Å². The summed E-state index contributed by atoms with van der Waals surface area (Å²) in [5.74, 6) is -0.799. The third-order valence-corrected chi connectivity index (χ3v) is 3.94. The molecule has 0 amide bonds. The summed E-state index contributed by atoms with van der Waals surface area (Å²) in [5.41, 5.74) is -0.825. The molecule has 0 atom stereocenters. The number of esters is 1. The van der Waals surface area contributed by atoms with Crippen molar-refractivity contribution in [1.82, 2.24) is 14.5 Å². The molecule has 0 aliphatic carbocycles. The number of rotatable bonds is 5. The van der Waals surface area contributed by atoms with Gasteiger partial charge < -0.3 is 9.47 Å². The second-order valence-corrected chi connectivity index (χ2v) is 5.70. The molecule has 0 bridgehead atoms. The Morgan fingerprint density at radius 1 is 1.25 bits per heavy atom. The summed E-state index contributed by atoms with van der Waals surface area (Å²) in [6.07, 6.45) is 0. The van der Waals surface area contributed by atoms with Gasteiger partial charge in [-0.05, 0) is 37.3 Å². The molecule has 0 saturated carbocycles. The van der Waals surface area contributed by atoms with Gasteiger partial charge in [0.05, 0.1) is 23.3 Å². The third kappa shape index (κ3) is 3.61. The van der Waals surface area contributed by atoms with Crippen LogP contribution < -0.4 is 16.0 Å². The molecule has 2 heterocycles. The van der Waals surface area contributed by atoms with Gasteiger partial charge in [-0.2, -0.15) is 8.78 Å². The zero-order valence-corrected chi connectivity index (χ0v) is 14.9. The topological polar surface area (TPSA) is 103 Å². The SMILES string of the molecule is CCOC(=O)c1cc(-c2ccc(OC(F)F)cc2)nc2c1c(=O)[nH]c(=O)n2C. The fourth-order valence-electron chi connectivity index (χ4n) is 2.66. The lowest BCUT2D eigenvalue weighted by Gasteiger charge is -2.11. The normalized spacial score (nSPS) is 11.0. The first-order valence-electron chi connectivity index (χ1n) is 8.18. The van der Waals surface area contributed by atoms with E-state index in [1.54, 1.807) is 6.92 Å². The van der Waals surface area contributed by atoms with Gasteiger partial charge in [-0.3, -0.25) is 14.3 Å². The van der Waals surface area contributed by atoms with Crippen molar-refractivity contribution in [2.45, 2.75) is 13.5 Å². The predicted molar refractivity (Wildman–Crippen MR) is 95.6 cm³/mol. The summed E-state index contributed by atoms with van der Waals surface area (Å²) in [6, 6.07) is 6.91. The number of hydrogen-bond donors (Lipinski definition) is 1. The molecule has 0 fully saturated rings. The highest BCUT2D eigenvalue weighted by Crippen LogP contribution is 2.25. The van der Waals surface area contributed by atoms with E-state index in [9.17, 15) is 23.2 Å². The van der Waals surface area contributed by atoms with E-state index < -0.39 is 23.8 Å². The molecular weight excluding hydrogens is 376 g/mol. The van der Waals surface area contributed by atoms with E-state index >= 15 is 0 Å². The van der Waals surface area contributed by atoms with Crippen LogP contribution in [-0.2, 0) is 11.8 Å². The summed E-state index contributed by atoms with van der Waals surface area (Å²) in [6.45, 7) is -1.26. The number of pyridine rings is 1. The monoisotopic (exact) mass is 391 g/mol. The molecule has 28 heavy (non-hydrogen) atoms. The van der Waals surface area contributed by atoms with E-state index in [1.165, 1.54) is 37.4 Å². The molecule has 0 spiro atoms. The van der Waals surface area contributed by atoms with Crippen LogP contribution in [0.25, 0.3) is 22.3 Å². The number of aromatic amines is 1. The number of halogens is 2. The number of aromatic nitrogens is 3. The Morgan fingerprint density at radius 2 is 1.93 bits per heavy atom. The third-order valence-electron chi connectivity index (χ3n) is 3.94. The number of carbonyl (C=O) groups is 1. The maximum Gasteiger partial charge on any atom is 0.387 e. The van der Waals surface area contributed by atoms with Crippen molar-refractivity contribution in [3.63, 3.8) is 0 Å². The predicted octanol–water partition coefficient (Wildman–Crippen LogP) is 2.07. The Hall–Kier alpha value is -3.56. The zero-order valence-electron chi connectivity index (χ0n) is 14.9. The molecule has 3 aromatic rings. The van der Waals surface area contributed by atoms with Crippen molar-refractivity contribution in [3.05, 3.63) is 56.7 Å². The van der Waals surface area contributed by atoms with Crippen molar-refractivity contribution >= 4 is 17.0 Å².